The number of amides is 1. The van der Waals surface area contributed by atoms with Crippen molar-refractivity contribution in [2.45, 2.75) is 44.2 Å². The van der Waals surface area contributed by atoms with Gasteiger partial charge in [0.05, 0.1) is 12.6 Å². The van der Waals surface area contributed by atoms with Gasteiger partial charge in [0.1, 0.15) is 23.5 Å². The smallest absolute Gasteiger partial charge is 0.229 e. The second-order valence-electron chi connectivity index (χ2n) is 7.26. The Labute approximate surface area is 128 Å². The van der Waals surface area contributed by atoms with Crippen LogP contribution in [0, 0.1) is 22.7 Å². The van der Waals surface area contributed by atoms with Crippen LogP contribution in [0.25, 0.3) is 0 Å². The van der Waals surface area contributed by atoms with Gasteiger partial charge < -0.3 is 9.64 Å². The molecule has 5 heteroatoms. The van der Waals surface area contributed by atoms with Gasteiger partial charge in [-0.15, -0.1) is 0 Å². The summed E-state index contributed by atoms with van der Waals surface area (Å²) in [6.45, 7) is 0.648. The van der Waals surface area contributed by atoms with Crippen LogP contribution in [-0.2, 0) is 4.79 Å². The van der Waals surface area contributed by atoms with Gasteiger partial charge >= 0.3 is 0 Å². The third-order valence-electron chi connectivity index (χ3n) is 6.06. The molecule has 6 rings (SSSR count). The molecule has 0 spiro atoms. The number of nitrogens with zero attached hydrogens (tertiary/aromatic N) is 3. The van der Waals surface area contributed by atoms with Crippen molar-refractivity contribution < 1.29 is 9.53 Å². The third-order valence-corrected chi connectivity index (χ3v) is 6.06. The summed E-state index contributed by atoms with van der Waals surface area (Å²) in [5, 5.41) is 9.23. The number of nitriles is 1. The maximum absolute atomic E-state index is 13.1. The van der Waals surface area contributed by atoms with E-state index in [2.05, 4.69) is 11.1 Å². The molecule has 3 saturated carbocycles. The topological polar surface area (TPSA) is 66.2 Å². The van der Waals surface area contributed by atoms with E-state index in [0.717, 1.165) is 37.2 Å². The SMILES string of the molecule is N#Cc1cncc2c1O[C@H]1C[C@@H]2N(C(=O)C23CCC(C2)C3)C1. The maximum Gasteiger partial charge on any atom is 0.229 e. The Hall–Kier alpha value is -2.09. The zero-order valence-electron chi connectivity index (χ0n) is 12.3. The van der Waals surface area contributed by atoms with E-state index in [0.29, 0.717) is 23.8 Å². The summed E-state index contributed by atoms with van der Waals surface area (Å²) in [6.07, 6.45) is 8.56. The Morgan fingerprint density at radius 1 is 1.45 bits per heavy atom. The second kappa shape index (κ2) is 4.01. The number of hydrogen-bond donors (Lipinski definition) is 0. The second-order valence-corrected chi connectivity index (χ2v) is 7.26. The number of ether oxygens (including phenoxy) is 1. The molecule has 1 aromatic rings. The van der Waals surface area contributed by atoms with Crippen LogP contribution in [0.5, 0.6) is 5.75 Å². The van der Waals surface area contributed by atoms with Crippen LogP contribution in [0.3, 0.4) is 0 Å². The summed E-state index contributed by atoms with van der Waals surface area (Å²) in [5.41, 5.74) is 1.30. The molecule has 3 aliphatic carbocycles. The Balaban J connectivity index is 1.52. The zero-order chi connectivity index (χ0) is 14.9. The summed E-state index contributed by atoms with van der Waals surface area (Å²) in [7, 11) is 0. The van der Waals surface area contributed by atoms with Gasteiger partial charge in [0.25, 0.3) is 0 Å². The van der Waals surface area contributed by atoms with Crippen molar-refractivity contribution in [1.82, 2.24) is 9.88 Å². The summed E-state index contributed by atoms with van der Waals surface area (Å²) < 4.78 is 5.98. The molecular formula is C17H17N3O2. The lowest BCUT2D eigenvalue weighted by molar-refractivity contribution is -0.147. The number of hydrogen-bond acceptors (Lipinski definition) is 4. The molecule has 22 heavy (non-hydrogen) atoms. The van der Waals surface area contributed by atoms with Crippen molar-refractivity contribution in [3.8, 4) is 11.8 Å². The molecule has 4 bridgehead atoms. The summed E-state index contributed by atoms with van der Waals surface area (Å²) in [5.74, 6) is 1.73. The van der Waals surface area contributed by atoms with Gasteiger partial charge in [0, 0.05) is 29.8 Å². The average molecular weight is 295 g/mol. The van der Waals surface area contributed by atoms with Crippen LogP contribution in [0.1, 0.15) is 49.3 Å². The molecule has 2 aliphatic heterocycles. The van der Waals surface area contributed by atoms with Crippen LogP contribution in [-0.4, -0.2) is 28.4 Å². The van der Waals surface area contributed by atoms with Gasteiger partial charge in [-0.3, -0.25) is 9.78 Å². The summed E-state index contributed by atoms with van der Waals surface area (Å²) in [6, 6.07) is 2.19. The van der Waals surface area contributed by atoms with Crippen LogP contribution in [0.2, 0.25) is 0 Å². The predicted molar refractivity (Wildman–Crippen MR) is 76.8 cm³/mol. The molecule has 0 aromatic carbocycles. The van der Waals surface area contributed by atoms with Gasteiger partial charge in [0.15, 0.2) is 0 Å². The van der Waals surface area contributed by atoms with Gasteiger partial charge in [-0.2, -0.15) is 5.26 Å². The molecule has 3 heterocycles. The van der Waals surface area contributed by atoms with E-state index in [1.54, 1.807) is 12.4 Å². The van der Waals surface area contributed by atoms with E-state index >= 15 is 0 Å². The molecule has 1 aromatic heterocycles. The number of carbonyl (C=O) groups is 1. The van der Waals surface area contributed by atoms with Crippen LogP contribution in [0.15, 0.2) is 12.4 Å². The minimum atomic E-state index is -0.0808. The molecule has 0 unspecified atom stereocenters. The monoisotopic (exact) mass is 295 g/mol. The molecule has 5 nitrogen and oxygen atoms in total. The molecular weight excluding hydrogens is 278 g/mol. The molecule has 0 radical (unpaired) electrons. The van der Waals surface area contributed by atoms with Gasteiger partial charge in [-0.25, -0.2) is 0 Å². The first-order valence-corrected chi connectivity index (χ1v) is 8.06. The Bertz CT molecular complexity index is 712. The summed E-state index contributed by atoms with van der Waals surface area (Å²) in [4.78, 5) is 19.3. The van der Waals surface area contributed by atoms with Gasteiger partial charge in [0.2, 0.25) is 5.91 Å². The van der Waals surface area contributed by atoms with E-state index in [4.69, 9.17) is 4.74 Å². The van der Waals surface area contributed by atoms with Gasteiger partial charge in [-0.1, -0.05) is 0 Å². The number of pyridine rings is 1. The predicted octanol–water partition coefficient (Wildman–Crippen LogP) is 2.18. The Morgan fingerprint density at radius 2 is 2.32 bits per heavy atom. The largest absolute Gasteiger partial charge is 0.487 e. The highest BCUT2D eigenvalue weighted by Gasteiger charge is 2.58. The number of likely N-dealkylation sites (tertiary alicyclic amines) is 1. The number of fused-ring (bicyclic) bond motifs is 5. The van der Waals surface area contributed by atoms with Crippen LogP contribution in [0.4, 0.5) is 0 Å². The van der Waals surface area contributed by atoms with E-state index in [-0.39, 0.29) is 17.6 Å². The first-order chi connectivity index (χ1) is 10.7. The number of rotatable bonds is 1. The minimum absolute atomic E-state index is 0.0182. The molecule has 2 atom stereocenters. The first kappa shape index (κ1) is 12.5. The Morgan fingerprint density at radius 3 is 3.05 bits per heavy atom. The molecule has 1 saturated heterocycles. The average Bonchev–Trinajstić information content (AvgIpc) is 3.19. The fourth-order valence-corrected chi connectivity index (χ4v) is 5.00. The lowest BCUT2D eigenvalue weighted by Crippen LogP contribution is -2.46. The van der Waals surface area contributed by atoms with Crippen molar-refractivity contribution in [2.24, 2.45) is 11.3 Å². The standard InChI is InChI=1S/C17H17N3O2/c18-6-11-7-19-8-13-14-3-12(22-15(11)13)9-20(14)16(21)17-2-1-10(4-17)5-17/h7-8,10,12,14H,1-5,9H2/t10?,12-,14-,17?/m0/s1. The van der Waals surface area contributed by atoms with E-state index in [1.165, 1.54) is 6.42 Å². The molecule has 1 amide bonds. The lowest BCUT2D eigenvalue weighted by atomic mass is 9.68. The highest BCUT2D eigenvalue weighted by molar-refractivity contribution is 5.85. The van der Waals surface area contributed by atoms with Crippen molar-refractivity contribution in [1.29, 1.82) is 5.26 Å². The first-order valence-electron chi connectivity index (χ1n) is 8.06. The number of aromatic nitrogens is 1. The molecule has 112 valence electrons. The molecule has 5 aliphatic rings. The molecule has 0 N–H and O–H groups in total. The quantitative estimate of drug-likeness (QED) is 0.796. The minimum Gasteiger partial charge on any atom is -0.487 e. The normalized spacial score (nSPS) is 37.0. The van der Waals surface area contributed by atoms with Gasteiger partial charge in [-0.05, 0) is 31.6 Å². The van der Waals surface area contributed by atoms with E-state index in [1.807, 2.05) is 4.90 Å². The summed E-state index contributed by atoms with van der Waals surface area (Å²) >= 11 is 0. The third kappa shape index (κ3) is 1.43. The van der Waals surface area contributed by atoms with Crippen molar-refractivity contribution in [3.05, 3.63) is 23.5 Å². The Kier molecular flexibility index (Phi) is 2.27. The fraction of sp³-hybridized carbons (Fsp3) is 0.588. The maximum atomic E-state index is 13.1. The highest BCUT2D eigenvalue weighted by atomic mass is 16.5. The van der Waals surface area contributed by atoms with Crippen molar-refractivity contribution >= 4 is 5.91 Å². The highest BCUT2D eigenvalue weighted by Crippen LogP contribution is 2.61. The number of carbonyl (C=O) groups excluding carboxylic acids is 1. The van der Waals surface area contributed by atoms with Crippen LogP contribution >= 0.6 is 0 Å². The van der Waals surface area contributed by atoms with Crippen LogP contribution < -0.4 is 4.74 Å². The van der Waals surface area contributed by atoms with E-state index < -0.39 is 0 Å². The van der Waals surface area contributed by atoms with E-state index in [9.17, 15) is 10.1 Å². The van der Waals surface area contributed by atoms with Crippen molar-refractivity contribution in [3.63, 3.8) is 0 Å². The molecule has 4 fully saturated rings. The lowest BCUT2D eigenvalue weighted by Gasteiger charge is -2.41. The van der Waals surface area contributed by atoms with Crippen molar-refractivity contribution in [2.75, 3.05) is 6.54 Å². The zero-order valence-corrected chi connectivity index (χ0v) is 12.3. The fourth-order valence-electron chi connectivity index (χ4n) is 5.00.